The number of carbonyl (C=O) groups is 1. The summed E-state index contributed by atoms with van der Waals surface area (Å²) >= 11 is 0. The zero-order chi connectivity index (χ0) is 10.8. The third kappa shape index (κ3) is 9.56. The molecule has 0 rings (SSSR count). The first kappa shape index (κ1) is 13.5. The highest BCUT2D eigenvalue weighted by Crippen LogP contribution is 2.11. The average molecular weight is 198 g/mol. The summed E-state index contributed by atoms with van der Waals surface area (Å²) in [6.07, 6.45) is 8.04. The highest BCUT2D eigenvalue weighted by Gasteiger charge is 1.98. The van der Waals surface area contributed by atoms with Gasteiger partial charge >= 0.3 is 0 Å². The predicted molar refractivity (Wildman–Crippen MR) is 60.7 cm³/mol. The van der Waals surface area contributed by atoms with Crippen LogP contribution in [0.5, 0.6) is 0 Å². The van der Waals surface area contributed by atoms with Gasteiger partial charge in [-0.3, -0.25) is 4.79 Å². The highest BCUT2D eigenvalue weighted by atomic mass is 16.1. The predicted octanol–water partition coefficient (Wildman–Crippen LogP) is 3.28. The highest BCUT2D eigenvalue weighted by molar-refractivity contribution is 5.75. The Labute approximate surface area is 88.5 Å². The third-order valence-electron chi connectivity index (χ3n) is 2.38. The molecule has 0 aliphatic rings. The standard InChI is InChI=1S/C12H24NO/c1-11(2)9-7-5-4-6-8-10-12(14)13-3/h11H,3-10H2,1-2H3,(H,13,14). The molecule has 1 N–H and O–H groups in total. The fraction of sp³-hybridized carbons (Fsp3) is 0.833. The SMILES string of the molecule is [CH2]NC(=O)CCCCCCCC(C)C. The van der Waals surface area contributed by atoms with Crippen LogP contribution in [0, 0.1) is 13.0 Å². The minimum atomic E-state index is 0.0622. The van der Waals surface area contributed by atoms with Crippen molar-refractivity contribution < 1.29 is 4.79 Å². The first-order chi connectivity index (χ1) is 6.66. The maximum Gasteiger partial charge on any atom is 0.220 e. The van der Waals surface area contributed by atoms with E-state index in [-0.39, 0.29) is 5.91 Å². The van der Waals surface area contributed by atoms with Gasteiger partial charge in [0.2, 0.25) is 5.91 Å². The lowest BCUT2D eigenvalue weighted by Crippen LogP contribution is -2.14. The molecule has 83 valence electrons. The number of hydrogen-bond acceptors (Lipinski definition) is 1. The minimum absolute atomic E-state index is 0.0622. The smallest absolute Gasteiger partial charge is 0.220 e. The van der Waals surface area contributed by atoms with E-state index in [0.717, 1.165) is 12.3 Å². The quantitative estimate of drug-likeness (QED) is 0.596. The van der Waals surface area contributed by atoms with Gasteiger partial charge in [0.1, 0.15) is 0 Å². The zero-order valence-electron chi connectivity index (χ0n) is 9.64. The number of carbonyl (C=O) groups excluding carboxylic acids is 1. The molecule has 0 aromatic rings. The lowest BCUT2D eigenvalue weighted by Gasteiger charge is -2.04. The molecule has 0 fully saturated rings. The second-order valence-corrected chi connectivity index (χ2v) is 4.30. The summed E-state index contributed by atoms with van der Waals surface area (Å²) in [7, 11) is 3.33. The fourth-order valence-corrected chi connectivity index (χ4v) is 1.46. The molecule has 0 bridgehead atoms. The van der Waals surface area contributed by atoms with Gasteiger partial charge in [-0.1, -0.05) is 46.0 Å². The van der Waals surface area contributed by atoms with Gasteiger partial charge in [0.25, 0.3) is 0 Å². The molecule has 0 heterocycles. The van der Waals surface area contributed by atoms with E-state index in [1.54, 1.807) is 0 Å². The van der Waals surface area contributed by atoms with Gasteiger partial charge in [-0.2, -0.15) is 0 Å². The van der Waals surface area contributed by atoms with Crippen LogP contribution in [-0.4, -0.2) is 5.91 Å². The van der Waals surface area contributed by atoms with Crippen molar-refractivity contribution in [1.29, 1.82) is 0 Å². The van der Waals surface area contributed by atoms with E-state index in [9.17, 15) is 4.79 Å². The lowest BCUT2D eigenvalue weighted by atomic mass is 10.0. The fourth-order valence-electron chi connectivity index (χ4n) is 1.46. The van der Waals surface area contributed by atoms with Crippen molar-refractivity contribution >= 4 is 5.91 Å². The summed E-state index contributed by atoms with van der Waals surface area (Å²) in [4.78, 5) is 10.8. The van der Waals surface area contributed by atoms with Crippen molar-refractivity contribution in [1.82, 2.24) is 5.32 Å². The Morgan fingerprint density at radius 3 is 2.29 bits per heavy atom. The second kappa shape index (κ2) is 9.04. The summed E-state index contributed by atoms with van der Waals surface area (Å²) < 4.78 is 0. The van der Waals surface area contributed by atoms with Crippen molar-refractivity contribution in [2.75, 3.05) is 0 Å². The van der Waals surface area contributed by atoms with Gasteiger partial charge in [-0.15, -0.1) is 0 Å². The number of hydrogen-bond donors (Lipinski definition) is 1. The van der Waals surface area contributed by atoms with Crippen molar-refractivity contribution in [2.24, 2.45) is 5.92 Å². The van der Waals surface area contributed by atoms with Crippen LogP contribution in [0.15, 0.2) is 0 Å². The van der Waals surface area contributed by atoms with E-state index in [1.165, 1.54) is 32.1 Å². The van der Waals surface area contributed by atoms with Crippen LogP contribution in [0.2, 0.25) is 0 Å². The Hall–Kier alpha value is -0.530. The molecule has 1 amide bonds. The van der Waals surface area contributed by atoms with E-state index >= 15 is 0 Å². The molecule has 1 radical (unpaired) electrons. The van der Waals surface area contributed by atoms with E-state index in [2.05, 4.69) is 26.2 Å². The Balaban J connectivity index is 3.03. The molecule has 0 unspecified atom stereocenters. The Morgan fingerprint density at radius 1 is 1.14 bits per heavy atom. The van der Waals surface area contributed by atoms with Crippen LogP contribution >= 0.6 is 0 Å². The lowest BCUT2D eigenvalue weighted by molar-refractivity contribution is -0.120. The molecule has 0 aliphatic heterocycles. The number of unbranched alkanes of at least 4 members (excludes halogenated alkanes) is 4. The molecule has 0 aliphatic carbocycles. The zero-order valence-corrected chi connectivity index (χ0v) is 9.64. The Bertz CT molecular complexity index is 143. The minimum Gasteiger partial charge on any atom is -0.354 e. The van der Waals surface area contributed by atoms with Crippen molar-refractivity contribution in [3.63, 3.8) is 0 Å². The van der Waals surface area contributed by atoms with Gasteiger partial charge < -0.3 is 5.32 Å². The first-order valence-electron chi connectivity index (χ1n) is 5.72. The van der Waals surface area contributed by atoms with Gasteiger partial charge in [-0.25, -0.2) is 0 Å². The van der Waals surface area contributed by atoms with E-state index in [4.69, 9.17) is 0 Å². The maximum absolute atomic E-state index is 10.8. The van der Waals surface area contributed by atoms with E-state index in [0.29, 0.717) is 6.42 Å². The van der Waals surface area contributed by atoms with Crippen LogP contribution in [0.25, 0.3) is 0 Å². The first-order valence-corrected chi connectivity index (χ1v) is 5.72. The molecule has 2 heteroatoms. The Morgan fingerprint density at radius 2 is 1.71 bits per heavy atom. The molecule has 14 heavy (non-hydrogen) atoms. The van der Waals surface area contributed by atoms with E-state index in [1.807, 2.05) is 0 Å². The van der Waals surface area contributed by atoms with Crippen molar-refractivity contribution in [3.05, 3.63) is 7.05 Å². The topological polar surface area (TPSA) is 29.1 Å². The summed E-state index contributed by atoms with van der Waals surface area (Å²) in [5.41, 5.74) is 0. The molecule has 0 saturated heterocycles. The summed E-state index contributed by atoms with van der Waals surface area (Å²) in [6, 6.07) is 0. The maximum atomic E-state index is 10.8. The average Bonchev–Trinajstić information content (AvgIpc) is 2.15. The van der Waals surface area contributed by atoms with Crippen molar-refractivity contribution in [3.8, 4) is 0 Å². The van der Waals surface area contributed by atoms with Crippen LogP contribution in [-0.2, 0) is 4.79 Å². The number of amides is 1. The molecule has 0 saturated carbocycles. The van der Waals surface area contributed by atoms with Crippen LogP contribution < -0.4 is 5.32 Å². The van der Waals surface area contributed by atoms with Gasteiger partial charge in [0, 0.05) is 13.5 Å². The largest absolute Gasteiger partial charge is 0.354 e. The third-order valence-corrected chi connectivity index (χ3v) is 2.38. The van der Waals surface area contributed by atoms with Crippen LogP contribution in [0.1, 0.15) is 58.8 Å². The van der Waals surface area contributed by atoms with Crippen molar-refractivity contribution in [2.45, 2.75) is 58.8 Å². The van der Waals surface area contributed by atoms with E-state index < -0.39 is 0 Å². The Kier molecular flexibility index (Phi) is 8.70. The normalized spacial score (nSPS) is 10.6. The number of rotatable bonds is 8. The molecular weight excluding hydrogens is 174 g/mol. The molecule has 0 aromatic carbocycles. The molecule has 0 aromatic heterocycles. The second-order valence-electron chi connectivity index (χ2n) is 4.30. The summed E-state index contributed by atoms with van der Waals surface area (Å²) in [5, 5.41) is 2.39. The molecule has 0 atom stereocenters. The molecule has 0 spiro atoms. The van der Waals surface area contributed by atoms with Crippen LogP contribution in [0.3, 0.4) is 0 Å². The number of nitrogens with one attached hydrogen (secondary N) is 1. The van der Waals surface area contributed by atoms with Crippen LogP contribution in [0.4, 0.5) is 0 Å². The summed E-state index contributed by atoms with van der Waals surface area (Å²) in [5.74, 6) is 0.888. The summed E-state index contributed by atoms with van der Waals surface area (Å²) in [6.45, 7) is 4.52. The van der Waals surface area contributed by atoms with Gasteiger partial charge in [-0.05, 0) is 12.3 Å². The molecule has 2 nitrogen and oxygen atoms in total. The molecular formula is C12H24NO. The van der Waals surface area contributed by atoms with Gasteiger partial charge in [0.05, 0.1) is 0 Å². The van der Waals surface area contributed by atoms with Gasteiger partial charge in [0.15, 0.2) is 0 Å². The monoisotopic (exact) mass is 198 g/mol.